The molecule has 1 aromatic rings. The van der Waals surface area contributed by atoms with Crippen molar-refractivity contribution in [1.82, 2.24) is 20.4 Å². The summed E-state index contributed by atoms with van der Waals surface area (Å²) in [5.74, 6) is 0.327. The Hall–Kier alpha value is -2.77. The molecule has 0 saturated carbocycles. The fourth-order valence-electron chi connectivity index (χ4n) is 3.50. The number of likely N-dealkylation sites (tertiary alicyclic amines) is 1. The van der Waals surface area contributed by atoms with Crippen LogP contribution in [0.2, 0.25) is 0 Å². The molecule has 4 amide bonds. The molecule has 3 rings (SSSR count). The van der Waals surface area contributed by atoms with Crippen LogP contribution in [0.4, 0.5) is 4.79 Å². The van der Waals surface area contributed by atoms with Crippen molar-refractivity contribution in [3.05, 3.63) is 29.8 Å². The van der Waals surface area contributed by atoms with Crippen LogP contribution in [-0.2, 0) is 4.79 Å². The van der Waals surface area contributed by atoms with E-state index in [1.165, 1.54) is 0 Å². The van der Waals surface area contributed by atoms with Crippen LogP contribution < -0.4 is 15.4 Å². The third kappa shape index (κ3) is 4.69. The van der Waals surface area contributed by atoms with Crippen molar-refractivity contribution < 1.29 is 19.1 Å². The Morgan fingerprint density at radius 2 is 1.89 bits per heavy atom. The molecule has 0 aromatic heterocycles. The molecule has 2 fully saturated rings. The topological polar surface area (TPSA) is 91.0 Å². The molecular weight excluding hydrogens is 348 g/mol. The van der Waals surface area contributed by atoms with Crippen LogP contribution >= 0.6 is 0 Å². The first kappa shape index (κ1) is 19.0. The number of ether oxygens (including phenoxy) is 1. The van der Waals surface area contributed by atoms with E-state index in [0.29, 0.717) is 37.6 Å². The van der Waals surface area contributed by atoms with Crippen molar-refractivity contribution in [2.45, 2.75) is 25.8 Å². The lowest BCUT2D eigenvalue weighted by Crippen LogP contribution is -2.49. The summed E-state index contributed by atoms with van der Waals surface area (Å²) in [4.78, 5) is 39.9. The van der Waals surface area contributed by atoms with E-state index in [4.69, 9.17) is 4.74 Å². The predicted molar refractivity (Wildman–Crippen MR) is 99.7 cm³/mol. The van der Waals surface area contributed by atoms with Crippen LogP contribution in [0.15, 0.2) is 24.3 Å². The molecular formula is C19H26N4O4. The number of nitrogens with zero attached hydrogens (tertiary/aromatic N) is 2. The van der Waals surface area contributed by atoms with Crippen molar-refractivity contribution in [3.63, 3.8) is 0 Å². The number of carbonyl (C=O) groups is 3. The number of rotatable bonds is 6. The van der Waals surface area contributed by atoms with Gasteiger partial charge in [-0.15, -0.1) is 0 Å². The normalized spacial score (nSPS) is 17.6. The maximum Gasteiger partial charge on any atom is 0.317 e. The SMILES string of the molecule is CCOc1ccc(C(=O)NCC(=O)N2CCC(N3CCNC3=O)CC2)cc1. The molecule has 0 radical (unpaired) electrons. The molecule has 2 N–H and O–H groups in total. The van der Waals surface area contributed by atoms with E-state index in [1.54, 1.807) is 29.2 Å². The summed E-state index contributed by atoms with van der Waals surface area (Å²) < 4.78 is 5.35. The maximum atomic E-state index is 12.4. The van der Waals surface area contributed by atoms with Crippen LogP contribution in [0.25, 0.3) is 0 Å². The number of benzene rings is 1. The second-order valence-corrected chi connectivity index (χ2v) is 6.68. The highest BCUT2D eigenvalue weighted by Gasteiger charge is 2.31. The fourth-order valence-corrected chi connectivity index (χ4v) is 3.50. The first-order chi connectivity index (χ1) is 13.1. The minimum absolute atomic E-state index is 0.0117. The molecule has 8 nitrogen and oxygen atoms in total. The first-order valence-electron chi connectivity index (χ1n) is 9.41. The van der Waals surface area contributed by atoms with E-state index >= 15 is 0 Å². The Morgan fingerprint density at radius 1 is 1.19 bits per heavy atom. The van der Waals surface area contributed by atoms with Crippen molar-refractivity contribution >= 4 is 17.8 Å². The average Bonchev–Trinajstić information content (AvgIpc) is 3.12. The largest absolute Gasteiger partial charge is 0.494 e. The number of hydrogen-bond acceptors (Lipinski definition) is 4. The molecule has 2 saturated heterocycles. The van der Waals surface area contributed by atoms with Gasteiger partial charge in [-0.1, -0.05) is 0 Å². The zero-order valence-electron chi connectivity index (χ0n) is 15.6. The molecule has 0 aliphatic carbocycles. The molecule has 1 aromatic carbocycles. The summed E-state index contributed by atoms with van der Waals surface area (Å²) in [5, 5.41) is 5.49. The number of amides is 4. The summed E-state index contributed by atoms with van der Waals surface area (Å²) in [5.41, 5.74) is 0.491. The van der Waals surface area contributed by atoms with Crippen molar-refractivity contribution in [1.29, 1.82) is 0 Å². The van der Waals surface area contributed by atoms with Crippen molar-refractivity contribution in [3.8, 4) is 5.75 Å². The molecule has 2 aliphatic heterocycles. The van der Waals surface area contributed by atoms with Gasteiger partial charge in [0, 0.05) is 37.8 Å². The summed E-state index contributed by atoms with van der Waals surface area (Å²) in [7, 11) is 0. The number of piperidine rings is 1. The zero-order valence-corrected chi connectivity index (χ0v) is 15.6. The first-order valence-corrected chi connectivity index (χ1v) is 9.41. The van der Waals surface area contributed by atoms with Gasteiger partial charge in [0.25, 0.3) is 5.91 Å². The highest BCUT2D eigenvalue weighted by Crippen LogP contribution is 2.18. The van der Waals surface area contributed by atoms with Gasteiger partial charge in [-0.05, 0) is 44.0 Å². The van der Waals surface area contributed by atoms with E-state index in [9.17, 15) is 14.4 Å². The molecule has 0 spiro atoms. The molecule has 146 valence electrons. The fraction of sp³-hybridized carbons (Fsp3) is 0.526. The third-order valence-corrected chi connectivity index (χ3v) is 4.98. The van der Waals surface area contributed by atoms with Gasteiger partial charge in [0.1, 0.15) is 5.75 Å². The number of nitrogens with one attached hydrogen (secondary N) is 2. The Bertz CT molecular complexity index is 683. The summed E-state index contributed by atoms with van der Waals surface area (Å²) in [6.07, 6.45) is 1.54. The lowest BCUT2D eigenvalue weighted by Gasteiger charge is -2.36. The molecule has 0 bridgehead atoms. The van der Waals surface area contributed by atoms with E-state index in [1.807, 2.05) is 11.8 Å². The van der Waals surface area contributed by atoms with Gasteiger partial charge in [-0.2, -0.15) is 0 Å². The number of hydrogen-bond donors (Lipinski definition) is 2. The second kappa shape index (κ2) is 8.75. The zero-order chi connectivity index (χ0) is 19.2. The van der Waals surface area contributed by atoms with Crippen LogP contribution in [0.5, 0.6) is 5.75 Å². The summed E-state index contributed by atoms with van der Waals surface area (Å²) >= 11 is 0. The van der Waals surface area contributed by atoms with E-state index < -0.39 is 0 Å². The Balaban J connectivity index is 1.43. The second-order valence-electron chi connectivity index (χ2n) is 6.68. The monoisotopic (exact) mass is 374 g/mol. The minimum Gasteiger partial charge on any atom is -0.494 e. The van der Waals surface area contributed by atoms with E-state index in [-0.39, 0.29) is 30.4 Å². The molecule has 0 unspecified atom stereocenters. The Morgan fingerprint density at radius 3 is 2.48 bits per heavy atom. The molecule has 2 heterocycles. The van der Waals surface area contributed by atoms with Gasteiger partial charge < -0.3 is 25.2 Å². The van der Waals surface area contributed by atoms with E-state index in [0.717, 1.165) is 19.4 Å². The number of carbonyl (C=O) groups excluding carboxylic acids is 3. The van der Waals surface area contributed by atoms with Gasteiger partial charge in [0.15, 0.2) is 0 Å². The van der Waals surface area contributed by atoms with Crippen molar-refractivity contribution in [2.75, 3.05) is 39.3 Å². The van der Waals surface area contributed by atoms with E-state index in [2.05, 4.69) is 10.6 Å². The lowest BCUT2D eigenvalue weighted by atomic mass is 10.0. The third-order valence-electron chi connectivity index (χ3n) is 4.98. The van der Waals surface area contributed by atoms with Gasteiger partial charge >= 0.3 is 6.03 Å². The maximum absolute atomic E-state index is 12.4. The smallest absolute Gasteiger partial charge is 0.317 e. The highest BCUT2D eigenvalue weighted by molar-refractivity contribution is 5.96. The highest BCUT2D eigenvalue weighted by atomic mass is 16.5. The van der Waals surface area contributed by atoms with Crippen LogP contribution in [0.3, 0.4) is 0 Å². The average molecular weight is 374 g/mol. The lowest BCUT2D eigenvalue weighted by molar-refractivity contribution is -0.131. The van der Waals surface area contributed by atoms with Gasteiger partial charge in [0.2, 0.25) is 5.91 Å². The quantitative estimate of drug-likeness (QED) is 0.772. The number of urea groups is 1. The summed E-state index contributed by atoms with van der Waals surface area (Å²) in [6, 6.07) is 7.01. The van der Waals surface area contributed by atoms with Gasteiger partial charge in [0.05, 0.1) is 13.2 Å². The molecule has 2 aliphatic rings. The van der Waals surface area contributed by atoms with Gasteiger partial charge in [-0.3, -0.25) is 9.59 Å². The summed E-state index contributed by atoms with van der Waals surface area (Å²) in [6.45, 7) is 5.07. The van der Waals surface area contributed by atoms with Crippen LogP contribution in [-0.4, -0.2) is 73.0 Å². The predicted octanol–water partition coefficient (Wildman–Crippen LogP) is 0.831. The molecule has 8 heteroatoms. The standard InChI is InChI=1S/C19H26N4O4/c1-2-27-16-5-3-14(4-6-16)18(25)21-13-17(24)22-10-7-15(8-11-22)23-12-9-20-19(23)26/h3-6,15H,2,7-13H2,1H3,(H,20,26)(H,21,25). The molecule has 0 atom stereocenters. The van der Waals surface area contributed by atoms with Crippen molar-refractivity contribution in [2.24, 2.45) is 0 Å². The Labute approximate surface area is 158 Å². The minimum atomic E-state index is -0.282. The van der Waals surface area contributed by atoms with Crippen LogP contribution in [0.1, 0.15) is 30.1 Å². The van der Waals surface area contributed by atoms with Gasteiger partial charge in [-0.25, -0.2) is 4.79 Å². The van der Waals surface area contributed by atoms with Crippen LogP contribution in [0, 0.1) is 0 Å². The molecule has 27 heavy (non-hydrogen) atoms. The Kier molecular flexibility index (Phi) is 6.16.